The van der Waals surface area contributed by atoms with Crippen LogP contribution in [0.5, 0.6) is 5.75 Å². The molecular weight excluding hydrogens is 314 g/mol. The van der Waals surface area contributed by atoms with E-state index in [0.29, 0.717) is 11.5 Å². The number of aryl methyl sites for hydroxylation is 2. The summed E-state index contributed by atoms with van der Waals surface area (Å²) in [7, 11) is 1.78. The van der Waals surface area contributed by atoms with Crippen molar-refractivity contribution in [3.8, 4) is 17.0 Å². The van der Waals surface area contributed by atoms with Gasteiger partial charge in [-0.2, -0.15) is 0 Å². The zero-order chi connectivity index (χ0) is 17.4. The quantitative estimate of drug-likeness (QED) is 0.686. The molecule has 0 amide bonds. The third kappa shape index (κ3) is 2.72. The lowest BCUT2D eigenvalue weighted by atomic mass is 9.91. The molecule has 1 heterocycles. The summed E-state index contributed by atoms with van der Waals surface area (Å²) >= 11 is 0. The Labute approximate surface area is 146 Å². The zero-order valence-corrected chi connectivity index (χ0v) is 13.9. The standard InChI is InChI=1S/C20H19N3O2/c1-21-20-18(19(25)12-5-3-2-4-6-12)23-17-15-9-8-14(24)11-13(15)7-10-16(17)22-20/h2-6,8-9,11,19,24-25H,7,10H2,1H3,(H,21,22). The highest BCUT2D eigenvalue weighted by Gasteiger charge is 2.25. The Bertz CT molecular complexity index is 926. The van der Waals surface area contributed by atoms with Gasteiger partial charge in [-0.25, -0.2) is 9.97 Å². The van der Waals surface area contributed by atoms with Gasteiger partial charge in [0, 0.05) is 12.6 Å². The molecule has 4 rings (SSSR count). The number of fused-ring (bicyclic) bond motifs is 3. The first-order valence-electron chi connectivity index (χ1n) is 8.31. The summed E-state index contributed by atoms with van der Waals surface area (Å²) in [5.41, 5.74) is 5.00. The lowest BCUT2D eigenvalue weighted by Gasteiger charge is -2.22. The normalized spacial score (nSPS) is 13.7. The van der Waals surface area contributed by atoms with Crippen molar-refractivity contribution in [1.82, 2.24) is 9.97 Å². The minimum Gasteiger partial charge on any atom is -0.508 e. The largest absolute Gasteiger partial charge is 0.508 e. The van der Waals surface area contributed by atoms with E-state index in [0.717, 1.165) is 40.9 Å². The maximum atomic E-state index is 10.8. The zero-order valence-electron chi connectivity index (χ0n) is 13.9. The number of benzene rings is 2. The van der Waals surface area contributed by atoms with Crippen LogP contribution in [0.3, 0.4) is 0 Å². The Hall–Kier alpha value is -2.92. The minimum atomic E-state index is -0.857. The molecule has 1 aromatic heterocycles. The van der Waals surface area contributed by atoms with E-state index in [2.05, 4.69) is 5.32 Å². The van der Waals surface area contributed by atoms with Gasteiger partial charge in [0.1, 0.15) is 17.5 Å². The van der Waals surface area contributed by atoms with Crippen LogP contribution < -0.4 is 5.32 Å². The van der Waals surface area contributed by atoms with Gasteiger partial charge < -0.3 is 15.5 Å². The number of hydrogen-bond acceptors (Lipinski definition) is 5. The van der Waals surface area contributed by atoms with E-state index in [-0.39, 0.29) is 5.75 Å². The van der Waals surface area contributed by atoms with E-state index in [1.165, 1.54) is 0 Å². The Morgan fingerprint density at radius 2 is 1.84 bits per heavy atom. The molecule has 0 aliphatic heterocycles. The molecular formula is C20H19N3O2. The first-order chi connectivity index (χ1) is 12.2. The smallest absolute Gasteiger partial charge is 0.150 e. The van der Waals surface area contributed by atoms with Gasteiger partial charge in [-0.1, -0.05) is 30.3 Å². The lowest BCUT2D eigenvalue weighted by molar-refractivity contribution is 0.215. The molecule has 25 heavy (non-hydrogen) atoms. The molecule has 126 valence electrons. The first-order valence-corrected chi connectivity index (χ1v) is 8.31. The van der Waals surface area contributed by atoms with Crippen LogP contribution in [0.15, 0.2) is 48.5 Å². The number of aliphatic hydroxyl groups excluding tert-OH is 1. The van der Waals surface area contributed by atoms with Crippen LogP contribution in [-0.2, 0) is 12.8 Å². The fourth-order valence-electron chi connectivity index (χ4n) is 3.31. The molecule has 0 bridgehead atoms. The predicted molar refractivity (Wildman–Crippen MR) is 96.6 cm³/mol. The van der Waals surface area contributed by atoms with E-state index in [9.17, 15) is 10.2 Å². The van der Waals surface area contributed by atoms with Crippen LogP contribution in [0.25, 0.3) is 11.3 Å². The average molecular weight is 333 g/mol. The van der Waals surface area contributed by atoms with E-state index in [1.807, 2.05) is 36.4 Å². The molecule has 5 heteroatoms. The number of aromatic nitrogens is 2. The molecule has 0 fully saturated rings. The SMILES string of the molecule is CNc1nc2c(nc1C(O)c1ccccc1)-c1ccc(O)cc1CC2. The van der Waals surface area contributed by atoms with Gasteiger partial charge in [0.25, 0.3) is 0 Å². The summed E-state index contributed by atoms with van der Waals surface area (Å²) in [5.74, 6) is 0.851. The van der Waals surface area contributed by atoms with Crippen molar-refractivity contribution in [2.75, 3.05) is 12.4 Å². The lowest BCUT2D eigenvalue weighted by Crippen LogP contribution is -2.15. The van der Waals surface area contributed by atoms with Crippen LogP contribution in [0.4, 0.5) is 5.82 Å². The number of rotatable bonds is 3. The highest BCUT2D eigenvalue weighted by molar-refractivity contribution is 5.71. The number of phenols is 1. The molecule has 0 radical (unpaired) electrons. The van der Waals surface area contributed by atoms with Crippen LogP contribution >= 0.6 is 0 Å². The van der Waals surface area contributed by atoms with Crippen molar-refractivity contribution in [2.45, 2.75) is 18.9 Å². The van der Waals surface area contributed by atoms with E-state index < -0.39 is 6.10 Å². The van der Waals surface area contributed by atoms with Crippen LogP contribution in [-0.4, -0.2) is 27.2 Å². The van der Waals surface area contributed by atoms with Crippen molar-refractivity contribution in [1.29, 1.82) is 0 Å². The van der Waals surface area contributed by atoms with Gasteiger partial charge in [-0.3, -0.25) is 0 Å². The molecule has 3 aromatic rings. The van der Waals surface area contributed by atoms with Crippen LogP contribution in [0, 0.1) is 0 Å². The molecule has 1 aliphatic rings. The maximum absolute atomic E-state index is 10.8. The second-order valence-corrected chi connectivity index (χ2v) is 6.16. The van der Waals surface area contributed by atoms with E-state index >= 15 is 0 Å². The average Bonchev–Trinajstić information content (AvgIpc) is 2.66. The number of phenolic OH excluding ortho intramolecular Hbond substituents is 1. The first kappa shape index (κ1) is 15.6. The second-order valence-electron chi connectivity index (χ2n) is 6.16. The van der Waals surface area contributed by atoms with Crippen LogP contribution in [0.2, 0.25) is 0 Å². The maximum Gasteiger partial charge on any atom is 0.150 e. The van der Waals surface area contributed by atoms with Gasteiger partial charge in [0.15, 0.2) is 5.82 Å². The number of nitrogens with one attached hydrogen (secondary N) is 1. The minimum absolute atomic E-state index is 0.256. The van der Waals surface area contributed by atoms with Crippen molar-refractivity contribution in [3.05, 3.63) is 71.0 Å². The molecule has 2 aromatic carbocycles. The van der Waals surface area contributed by atoms with Gasteiger partial charge >= 0.3 is 0 Å². The Kier molecular flexibility index (Phi) is 3.86. The van der Waals surface area contributed by atoms with E-state index in [4.69, 9.17) is 9.97 Å². The molecule has 0 saturated carbocycles. The summed E-state index contributed by atoms with van der Waals surface area (Å²) in [4.78, 5) is 9.48. The third-order valence-corrected chi connectivity index (χ3v) is 4.58. The van der Waals surface area contributed by atoms with Crippen LogP contribution in [0.1, 0.15) is 28.6 Å². The van der Waals surface area contributed by atoms with Crippen molar-refractivity contribution < 1.29 is 10.2 Å². The molecule has 3 N–H and O–H groups in total. The number of nitrogens with zero attached hydrogens (tertiary/aromatic N) is 2. The number of anilines is 1. The number of hydrogen-bond donors (Lipinski definition) is 3. The highest BCUT2D eigenvalue weighted by atomic mass is 16.3. The molecule has 1 atom stereocenters. The van der Waals surface area contributed by atoms with Crippen molar-refractivity contribution in [3.63, 3.8) is 0 Å². The third-order valence-electron chi connectivity index (χ3n) is 4.58. The van der Waals surface area contributed by atoms with Gasteiger partial charge in [0.05, 0.1) is 11.4 Å². The fourth-order valence-corrected chi connectivity index (χ4v) is 3.31. The summed E-state index contributed by atoms with van der Waals surface area (Å²) in [5, 5.41) is 23.6. The summed E-state index contributed by atoms with van der Waals surface area (Å²) in [6, 6.07) is 14.7. The summed E-state index contributed by atoms with van der Waals surface area (Å²) in [6.07, 6.45) is 0.716. The van der Waals surface area contributed by atoms with E-state index in [1.54, 1.807) is 19.2 Å². The Balaban J connectivity index is 1.87. The van der Waals surface area contributed by atoms with Gasteiger partial charge in [0.2, 0.25) is 0 Å². The van der Waals surface area contributed by atoms with Crippen molar-refractivity contribution in [2.24, 2.45) is 0 Å². The molecule has 1 unspecified atom stereocenters. The molecule has 0 spiro atoms. The second kappa shape index (κ2) is 6.18. The molecule has 0 saturated heterocycles. The Morgan fingerprint density at radius 3 is 2.60 bits per heavy atom. The summed E-state index contributed by atoms with van der Waals surface area (Å²) in [6.45, 7) is 0. The monoisotopic (exact) mass is 333 g/mol. The van der Waals surface area contributed by atoms with Gasteiger partial charge in [-0.05, 0) is 42.2 Å². The molecule has 1 aliphatic carbocycles. The topological polar surface area (TPSA) is 78.3 Å². The highest BCUT2D eigenvalue weighted by Crippen LogP contribution is 2.36. The molecule has 5 nitrogen and oxygen atoms in total. The van der Waals surface area contributed by atoms with Gasteiger partial charge in [-0.15, -0.1) is 0 Å². The predicted octanol–water partition coefficient (Wildman–Crippen LogP) is 3.07. The van der Waals surface area contributed by atoms with Crippen molar-refractivity contribution >= 4 is 5.82 Å². The summed E-state index contributed by atoms with van der Waals surface area (Å²) < 4.78 is 0. The Morgan fingerprint density at radius 1 is 1.04 bits per heavy atom. The fraction of sp³-hybridized carbons (Fsp3) is 0.200. The number of aromatic hydroxyl groups is 1. The number of aliphatic hydroxyl groups is 1.